The van der Waals surface area contributed by atoms with E-state index in [0.29, 0.717) is 35.5 Å². The van der Waals surface area contributed by atoms with Crippen LogP contribution in [-0.2, 0) is 6.54 Å². The van der Waals surface area contributed by atoms with Crippen molar-refractivity contribution in [2.75, 3.05) is 19.6 Å². The second kappa shape index (κ2) is 5.51. The van der Waals surface area contributed by atoms with E-state index in [9.17, 15) is 4.39 Å². The predicted molar refractivity (Wildman–Crippen MR) is 75.5 cm³/mol. The van der Waals surface area contributed by atoms with E-state index in [-0.39, 0.29) is 5.82 Å². The number of hydrogen-bond acceptors (Lipinski definition) is 3. The van der Waals surface area contributed by atoms with Gasteiger partial charge in [0, 0.05) is 24.7 Å². The average Bonchev–Trinajstić information content (AvgIpc) is 3.01. The summed E-state index contributed by atoms with van der Waals surface area (Å²) in [5.41, 5.74) is 1.09. The minimum Gasteiger partial charge on any atom is -0.316 e. The highest BCUT2D eigenvalue weighted by Crippen LogP contribution is 2.35. The molecule has 0 saturated carbocycles. The normalized spacial score (nSPS) is 29.4. The van der Waals surface area contributed by atoms with Gasteiger partial charge in [0.05, 0.1) is 11.6 Å². The maximum atomic E-state index is 14.0. The van der Waals surface area contributed by atoms with Gasteiger partial charge in [0.25, 0.3) is 0 Å². The van der Waals surface area contributed by atoms with Crippen molar-refractivity contribution in [1.82, 2.24) is 10.2 Å². The van der Waals surface area contributed by atoms with E-state index in [1.165, 1.54) is 6.07 Å². The zero-order valence-electron chi connectivity index (χ0n) is 11.8. The summed E-state index contributed by atoms with van der Waals surface area (Å²) in [5, 5.41) is 12.3. The van der Waals surface area contributed by atoms with E-state index in [2.05, 4.69) is 17.1 Å². The molecule has 2 aliphatic rings. The van der Waals surface area contributed by atoms with Gasteiger partial charge in [-0.05, 0) is 43.5 Å². The molecular weight excluding hydrogens is 253 g/mol. The molecular formula is C16H20FN3. The van der Waals surface area contributed by atoms with Crippen molar-refractivity contribution in [3.05, 3.63) is 35.1 Å². The van der Waals surface area contributed by atoms with E-state index >= 15 is 0 Å². The monoisotopic (exact) mass is 273 g/mol. The maximum Gasteiger partial charge on any atom is 0.129 e. The van der Waals surface area contributed by atoms with Crippen molar-refractivity contribution in [2.45, 2.75) is 25.9 Å². The first-order valence-electron chi connectivity index (χ1n) is 7.36. The molecule has 3 rings (SSSR count). The molecule has 0 radical (unpaired) electrons. The molecule has 1 aromatic carbocycles. The molecule has 2 saturated heterocycles. The topological polar surface area (TPSA) is 39.1 Å². The minimum absolute atomic E-state index is 0.255. The van der Waals surface area contributed by atoms with E-state index in [4.69, 9.17) is 5.26 Å². The van der Waals surface area contributed by atoms with Crippen LogP contribution in [0.1, 0.15) is 24.5 Å². The van der Waals surface area contributed by atoms with Gasteiger partial charge >= 0.3 is 0 Å². The van der Waals surface area contributed by atoms with E-state index in [1.807, 2.05) is 6.07 Å². The fraction of sp³-hybridized carbons (Fsp3) is 0.562. The van der Waals surface area contributed by atoms with Crippen LogP contribution in [0.25, 0.3) is 0 Å². The highest BCUT2D eigenvalue weighted by atomic mass is 19.1. The molecule has 106 valence electrons. The lowest BCUT2D eigenvalue weighted by Gasteiger charge is -2.27. The lowest BCUT2D eigenvalue weighted by Crippen LogP contribution is -2.34. The molecule has 0 spiro atoms. The lowest BCUT2D eigenvalue weighted by molar-refractivity contribution is 0.208. The van der Waals surface area contributed by atoms with Crippen LogP contribution >= 0.6 is 0 Å². The van der Waals surface area contributed by atoms with Gasteiger partial charge in [-0.1, -0.05) is 13.0 Å². The van der Waals surface area contributed by atoms with Crippen molar-refractivity contribution in [3.63, 3.8) is 0 Å². The molecule has 0 bridgehead atoms. The van der Waals surface area contributed by atoms with E-state index < -0.39 is 0 Å². The minimum atomic E-state index is -0.255. The zero-order chi connectivity index (χ0) is 14.1. The van der Waals surface area contributed by atoms with Crippen molar-refractivity contribution in [2.24, 2.45) is 11.8 Å². The number of nitrogens with one attached hydrogen (secondary N) is 1. The van der Waals surface area contributed by atoms with Crippen molar-refractivity contribution in [1.29, 1.82) is 5.26 Å². The number of fused-ring (bicyclic) bond motifs is 1. The third-order valence-corrected chi connectivity index (χ3v) is 4.80. The summed E-state index contributed by atoms with van der Waals surface area (Å²) < 4.78 is 14.0. The smallest absolute Gasteiger partial charge is 0.129 e. The summed E-state index contributed by atoms with van der Waals surface area (Å²) in [4.78, 5) is 2.42. The van der Waals surface area contributed by atoms with Gasteiger partial charge in [-0.2, -0.15) is 5.26 Å². The van der Waals surface area contributed by atoms with Gasteiger partial charge in [-0.25, -0.2) is 4.39 Å². The van der Waals surface area contributed by atoms with Crippen LogP contribution in [0.2, 0.25) is 0 Å². The van der Waals surface area contributed by atoms with Gasteiger partial charge < -0.3 is 5.32 Å². The summed E-state index contributed by atoms with van der Waals surface area (Å²) in [7, 11) is 0. The van der Waals surface area contributed by atoms with Crippen LogP contribution in [0.15, 0.2) is 18.2 Å². The molecule has 1 N–H and O–H groups in total. The van der Waals surface area contributed by atoms with Gasteiger partial charge in [0.1, 0.15) is 5.82 Å². The Morgan fingerprint density at radius 1 is 1.45 bits per heavy atom. The number of hydrogen-bond donors (Lipinski definition) is 1. The first kappa shape index (κ1) is 13.5. The number of nitriles is 1. The molecule has 0 amide bonds. The molecule has 0 aliphatic carbocycles. The number of rotatable bonds is 3. The molecule has 0 aromatic heterocycles. The molecule has 2 aliphatic heterocycles. The fourth-order valence-electron chi connectivity index (χ4n) is 3.82. The number of halogens is 1. The Hall–Kier alpha value is -1.44. The summed E-state index contributed by atoms with van der Waals surface area (Å²) in [6, 6.07) is 7.33. The number of benzene rings is 1. The molecule has 1 aromatic rings. The van der Waals surface area contributed by atoms with Crippen molar-refractivity contribution in [3.8, 4) is 6.07 Å². The maximum absolute atomic E-state index is 14.0. The summed E-state index contributed by atoms with van der Waals surface area (Å²) in [5.74, 6) is 1.16. The van der Waals surface area contributed by atoms with Crippen LogP contribution in [0.3, 0.4) is 0 Å². The van der Waals surface area contributed by atoms with Crippen LogP contribution in [0.5, 0.6) is 0 Å². The SMILES string of the molecule is CCC1C2CNCC2CN1Cc1ccc(C#N)cc1F. The quantitative estimate of drug-likeness (QED) is 0.917. The highest BCUT2D eigenvalue weighted by Gasteiger charge is 2.42. The third-order valence-electron chi connectivity index (χ3n) is 4.80. The van der Waals surface area contributed by atoms with Crippen LogP contribution in [0, 0.1) is 29.0 Å². The molecule has 3 unspecified atom stereocenters. The Bertz CT molecular complexity index is 537. The standard InChI is InChI=1S/C16H20FN3/c1-2-16-14-8-19-7-13(14)10-20(16)9-12-4-3-11(6-18)5-15(12)17/h3-5,13-14,16,19H,2,7-10H2,1H3. The molecule has 2 fully saturated rings. The summed E-state index contributed by atoms with van der Waals surface area (Å²) >= 11 is 0. The van der Waals surface area contributed by atoms with Crippen LogP contribution in [-0.4, -0.2) is 30.6 Å². The second-order valence-corrected chi connectivity index (χ2v) is 5.91. The van der Waals surface area contributed by atoms with E-state index in [0.717, 1.165) is 26.1 Å². The summed E-state index contributed by atoms with van der Waals surface area (Å²) in [6.45, 7) is 6.11. The van der Waals surface area contributed by atoms with Gasteiger partial charge in [0.2, 0.25) is 0 Å². The third kappa shape index (κ3) is 2.32. The Balaban J connectivity index is 1.76. The Kier molecular flexibility index (Phi) is 3.73. The molecule has 3 nitrogen and oxygen atoms in total. The molecule has 2 heterocycles. The number of nitrogens with zero attached hydrogens (tertiary/aromatic N) is 2. The predicted octanol–water partition coefficient (Wildman–Crippen LogP) is 2.13. The van der Waals surface area contributed by atoms with Gasteiger partial charge in [-0.15, -0.1) is 0 Å². The largest absolute Gasteiger partial charge is 0.316 e. The first-order valence-corrected chi connectivity index (χ1v) is 7.36. The lowest BCUT2D eigenvalue weighted by atomic mass is 9.93. The Labute approximate surface area is 119 Å². The Morgan fingerprint density at radius 2 is 2.30 bits per heavy atom. The zero-order valence-corrected chi connectivity index (χ0v) is 11.8. The van der Waals surface area contributed by atoms with Gasteiger partial charge in [0.15, 0.2) is 0 Å². The molecule has 20 heavy (non-hydrogen) atoms. The summed E-state index contributed by atoms with van der Waals surface area (Å²) in [6.07, 6.45) is 1.11. The van der Waals surface area contributed by atoms with Gasteiger partial charge in [-0.3, -0.25) is 4.90 Å². The van der Waals surface area contributed by atoms with Crippen LogP contribution in [0.4, 0.5) is 4.39 Å². The number of likely N-dealkylation sites (tertiary alicyclic amines) is 1. The van der Waals surface area contributed by atoms with E-state index in [1.54, 1.807) is 12.1 Å². The average molecular weight is 273 g/mol. The second-order valence-electron chi connectivity index (χ2n) is 5.91. The Morgan fingerprint density at radius 3 is 3.00 bits per heavy atom. The fourth-order valence-corrected chi connectivity index (χ4v) is 3.82. The van der Waals surface area contributed by atoms with Crippen LogP contribution < -0.4 is 5.32 Å². The highest BCUT2D eigenvalue weighted by molar-refractivity contribution is 5.33. The first-order chi connectivity index (χ1) is 9.72. The van der Waals surface area contributed by atoms with Crippen molar-refractivity contribution < 1.29 is 4.39 Å². The molecule has 3 atom stereocenters. The molecule has 4 heteroatoms. The van der Waals surface area contributed by atoms with Crippen molar-refractivity contribution >= 4 is 0 Å².